The Labute approximate surface area is 89.5 Å². The minimum Gasteiger partial charge on any atom is -0.506 e. The molecule has 0 radical (unpaired) electrons. The Bertz CT molecular complexity index is 421. The number of hydrogen-bond acceptors (Lipinski definition) is 3. The first kappa shape index (κ1) is 11.9. The summed E-state index contributed by atoms with van der Waals surface area (Å²) in [5.41, 5.74) is 4.38. The van der Waals surface area contributed by atoms with E-state index in [4.69, 9.17) is 22.4 Å². The molecule has 6 heteroatoms. The number of nitrogens with two attached hydrogens (primary N) is 1. The molecule has 3 N–H and O–H groups in total. The number of hydrogen-bond donors (Lipinski definition) is 2. The van der Waals surface area contributed by atoms with E-state index in [0.717, 1.165) is 0 Å². The van der Waals surface area contributed by atoms with Gasteiger partial charge in [-0.3, -0.25) is 4.79 Å². The van der Waals surface area contributed by atoms with Crippen LogP contribution in [0, 0.1) is 11.6 Å². The fraction of sp³-hybridized carbons (Fsp3) is 0.222. The summed E-state index contributed by atoms with van der Waals surface area (Å²) in [7, 11) is 0. The Balaban J connectivity index is 3.43. The van der Waals surface area contributed by atoms with E-state index in [1.807, 2.05) is 0 Å². The zero-order valence-electron chi connectivity index (χ0n) is 7.72. The minimum absolute atomic E-state index is 0.570. The summed E-state index contributed by atoms with van der Waals surface area (Å²) in [4.78, 5) is 11.3. The molecule has 15 heavy (non-hydrogen) atoms. The van der Waals surface area contributed by atoms with E-state index in [1.54, 1.807) is 0 Å². The number of aromatic hydroxyl groups is 1. The molecule has 3 nitrogen and oxygen atoms in total. The molecule has 0 aliphatic carbocycles. The number of carbonyl (C=O) groups is 1. The molecule has 0 spiro atoms. The van der Waals surface area contributed by atoms with Gasteiger partial charge in [0.1, 0.15) is 16.6 Å². The van der Waals surface area contributed by atoms with Gasteiger partial charge < -0.3 is 10.8 Å². The van der Waals surface area contributed by atoms with Gasteiger partial charge in [0.2, 0.25) is 0 Å². The molecule has 1 unspecified atom stereocenters. The van der Waals surface area contributed by atoms with Crippen molar-refractivity contribution in [2.24, 2.45) is 5.73 Å². The van der Waals surface area contributed by atoms with Crippen molar-refractivity contribution in [2.45, 2.75) is 13.0 Å². The van der Waals surface area contributed by atoms with Gasteiger partial charge in [-0.2, -0.15) is 0 Å². The summed E-state index contributed by atoms with van der Waals surface area (Å²) < 4.78 is 26.5. The second-order valence-corrected chi connectivity index (χ2v) is 3.41. The van der Waals surface area contributed by atoms with Crippen LogP contribution in [0.3, 0.4) is 0 Å². The average molecular weight is 236 g/mol. The highest BCUT2D eigenvalue weighted by Gasteiger charge is 2.24. The largest absolute Gasteiger partial charge is 0.506 e. The Kier molecular flexibility index (Phi) is 3.26. The Morgan fingerprint density at radius 1 is 1.60 bits per heavy atom. The predicted molar refractivity (Wildman–Crippen MR) is 51.0 cm³/mol. The number of phenolic OH excluding ortho intramolecular Hbond substituents is 1. The molecule has 0 bridgehead atoms. The standard InChI is InChI=1S/C9H8ClF2NO2/c1-3(13)9(15)6-4(11)2-5(14)7(10)8(6)12/h2-3,14H,13H2,1H3. The van der Waals surface area contributed by atoms with Crippen molar-refractivity contribution in [3.05, 3.63) is 28.3 Å². The van der Waals surface area contributed by atoms with E-state index in [1.165, 1.54) is 6.92 Å². The third-order valence-electron chi connectivity index (χ3n) is 1.80. The lowest BCUT2D eigenvalue weighted by molar-refractivity contribution is 0.0959. The highest BCUT2D eigenvalue weighted by Crippen LogP contribution is 2.30. The first-order valence-electron chi connectivity index (χ1n) is 4.02. The smallest absolute Gasteiger partial charge is 0.185 e. The van der Waals surface area contributed by atoms with Gasteiger partial charge in [-0.05, 0) is 6.92 Å². The molecule has 0 aromatic heterocycles. The van der Waals surface area contributed by atoms with E-state index in [9.17, 15) is 13.6 Å². The van der Waals surface area contributed by atoms with Gasteiger partial charge in [0, 0.05) is 6.07 Å². The zero-order chi connectivity index (χ0) is 11.7. The van der Waals surface area contributed by atoms with E-state index < -0.39 is 39.8 Å². The Hall–Kier alpha value is -1.20. The van der Waals surface area contributed by atoms with Crippen molar-refractivity contribution >= 4 is 17.4 Å². The maximum Gasteiger partial charge on any atom is 0.185 e. The van der Waals surface area contributed by atoms with Crippen LogP contribution < -0.4 is 5.73 Å². The van der Waals surface area contributed by atoms with Crippen LogP contribution in [0.1, 0.15) is 17.3 Å². The predicted octanol–water partition coefficient (Wildman–Crippen LogP) is 1.85. The fourth-order valence-electron chi connectivity index (χ4n) is 1.04. The topological polar surface area (TPSA) is 63.3 Å². The van der Waals surface area contributed by atoms with Crippen LogP contribution in [0.4, 0.5) is 8.78 Å². The fourth-order valence-corrected chi connectivity index (χ4v) is 1.19. The third kappa shape index (κ3) is 2.08. The van der Waals surface area contributed by atoms with Gasteiger partial charge in [-0.25, -0.2) is 8.78 Å². The molecule has 1 atom stereocenters. The number of halogens is 3. The second kappa shape index (κ2) is 4.12. The third-order valence-corrected chi connectivity index (χ3v) is 2.16. The highest BCUT2D eigenvalue weighted by molar-refractivity contribution is 6.32. The zero-order valence-corrected chi connectivity index (χ0v) is 8.48. The lowest BCUT2D eigenvalue weighted by Gasteiger charge is -2.08. The number of ketones is 1. The summed E-state index contributed by atoms with van der Waals surface area (Å²) in [5.74, 6) is -4.15. The summed E-state index contributed by atoms with van der Waals surface area (Å²) in [5, 5.41) is 8.28. The van der Waals surface area contributed by atoms with Gasteiger partial charge in [-0.15, -0.1) is 0 Å². The lowest BCUT2D eigenvalue weighted by atomic mass is 10.0. The number of rotatable bonds is 2. The summed E-state index contributed by atoms with van der Waals surface area (Å²) >= 11 is 5.32. The molecule has 0 fully saturated rings. The van der Waals surface area contributed by atoms with E-state index in [-0.39, 0.29) is 0 Å². The lowest BCUT2D eigenvalue weighted by Crippen LogP contribution is -2.28. The van der Waals surface area contributed by atoms with Crippen LogP contribution in [0.25, 0.3) is 0 Å². The summed E-state index contributed by atoms with van der Waals surface area (Å²) in [6.07, 6.45) is 0. The highest BCUT2D eigenvalue weighted by atomic mass is 35.5. The van der Waals surface area contributed by atoms with Crippen LogP contribution >= 0.6 is 11.6 Å². The first-order valence-corrected chi connectivity index (χ1v) is 4.40. The van der Waals surface area contributed by atoms with E-state index in [0.29, 0.717) is 6.07 Å². The summed E-state index contributed by atoms with van der Waals surface area (Å²) in [6, 6.07) is -0.476. The first-order chi connectivity index (χ1) is 6.86. The molecule has 0 aliphatic heterocycles. The Morgan fingerprint density at radius 3 is 2.60 bits per heavy atom. The van der Waals surface area contributed by atoms with Gasteiger partial charge >= 0.3 is 0 Å². The molecule has 0 saturated carbocycles. The van der Waals surface area contributed by atoms with Crippen LogP contribution in [0.5, 0.6) is 5.75 Å². The van der Waals surface area contributed by atoms with Crippen molar-refractivity contribution in [3.8, 4) is 5.75 Å². The molecule has 82 valence electrons. The molecule has 1 aromatic carbocycles. The number of phenols is 1. The van der Waals surface area contributed by atoms with E-state index in [2.05, 4.69) is 0 Å². The van der Waals surface area contributed by atoms with Crippen molar-refractivity contribution in [1.82, 2.24) is 0 Å². The molecule has 1 rings (SSSR count). The molecule has 0 saturated heterocycles. The second-order valence-electron chi connectivity index (χ2n) is 3.03. The van der Waals surface area contributed by atoms with E-state index >= 15 is 0 Å². The SMILES string of the molecule is CC(N)C(=O)c1c(F)cc(O)c(Cl)c1F. The monoisotopic (exact) mass is 235 g/mol. The van der Waals surface area contributed by atoms with Crippen molar-refractivity contribution in [1.29, 1.82) is 0 Å². The van der Waals surface area contributed by atoms with Crippen molar-refractivity contribution < 1.29 is 18.7 Å². The van der Waals surface area contributed by atoms with Gasteiger partial charge in [0.05, 0.1) is 11.6 Å². The Morgan fingerprint density at radius 2 is 2.13 bits per heavy atom. The number of Topliss-reactive ketones (excluding diaryl/α,β-unsaturated/α-hetero) is 1. The van der Waals surface area contributed by atoms with Gasteiger partial charge in [-0.1, -0.05) is 11.6 Å². The molecule has 0 amide bonds. The van der Waals surface area contributed by atoms with Crippen LogP contribution in [0.15, 0.2) is 6.07 Å². The molecule has 0 aliphatic rings. The molecular weight excluding hydrogens is 228 g/mol. The van der Waals surface area contributed by atoms with Crippen LogP contribution in [0.2, 0.25) is 5.02 Å². The molecule has 0 heterocycles. The van der Waals surface area contributed by atoms with Crippen LogP contribution in [-0.2, 0) is 0 Å². The molecular formula is C9H8ClF2NO2. The normalized spacial score (nSPS) is 12.6. The van der Waals surface area contributed by atoms with Gasteiger partial charge in [0.25, 0.3) is 0 Å². The average Bonchev–Trinajstić information content (AvgIpc) is 2.14. The quantitative estimate of drug-likeness (QED) is 0.607. The summed E-state index contributed by atoms with van der Waals surface area (Å²) in [6.45, 7) is 1.29. The van der Waals surface area contributed by atoms with Crippen molar-refractivity contribution in [3.63, 3.8) is 0 Å². The number of benzene rings is 1. The maximum atomic E-state index is 13.3. The van der Waals surface area contributed by atoms with Crippen LogP contribution in [-0.4, -0.2) is 16.9 Å². The van der Waals surface area contributed by atoms with Gasteiger partial charge in [0.15, 0.2) is 11.6 Å². The molecule has 1 aromatic rings. The van der Waals surface area contributed by atoms with Crippen molar-refractivity contribution in [2.75, 3.05) is 0 Å². The maximum absolute atomic E-state index is 13.3. The number of carbonyl (C=O) groups excluding carboxylic acids is 1. The minimum atomic E-state index is -1.29.